The van der Waals surface area contributed by atoms with Crippen molar-refractivity contribution in [2.45, 2.75) is 38.6 Å². The minimum absolute atomic E-state index is 0.00735. The van der Waals surface area contributed by atoms with Crippen molar-refractivity contribution in [2.24, 2.45) is 0 Å². The zero-order valence-corrected chi connectivity index (χ0v) is 15.0. The van der Waals surface area contributed by atoms with Crippen molar-refractivity contribution in [1.29, 1.82) is 0 Å². The van der Waals surface area contributed by atoms with Crippen molar-refractivity contribution in [3.05, 3.63) is 46.4 Å². The van der Waals surface area contributed by atoms with Crippen molar-refractivity contribution in [3.8, 4) is 0 Å². The van der Waals surface area contributed by atoms with Crippen LogP contribution in [0, 0.1) is 5.82 Å². The Morgan fingerprint density at radius 3 is 2.65 bits per heavy atom. The van der Waals surface area contributed by atoms with Gasteiger partial charge in [-0.15, -0.1) is 0 Å². The monoisotopic (exact) mass is 379 g/mol. The van der Waals surface area contributed by atoms with E-state index in [0.717, 1.165) is 5.69 Å². The second kappa shape index (κ2) is 5.74. The fourth-order valence-electron chi connectivity index (χ4n) is 2.73. The van der Waals surface area contributed by atoms with E-state index in [0.29, 0.717) is 23.1 Å². The maximum absolute atomic E-state index is 13.4. The third-order valence-corrected chi connectivity index (χ3v) is 4.70. The van der Waals surface area contributed by atoms with Gasteiger partial charge >= 0.3 is 0 Å². The maximum Gasteiger partial charge on any atom is 0.251 e. The van der Waals surface area contributed by atoms with E-state index in [9.17, 15) is 9.18 Å². The van der Waals surface area contributed by atoms with Crippen LogP contribution in [0.1, 0.15) is 38.9 Å². The lowest BCUT2D eigenvalue weighted by Gasteiger charge is -2.18. The molecule has 1 unspecified atom stereocenters. The zero-order valence-electron chi connectivity index (χ0n) is 13.4. The van der Waals surface area contributed by atoms with E-state index in [4.69, 9.17) is 0 Å². The van der Waals surface area contributed by atoms with Gasteiger partial charge in [-0.25, -0.2) is 4.39 Å². The van der Waals surface area contributed by atoms with Crippen molar-refractivity contribution in [2.75, 3.05) is 11.4 Å². The van der Waals surface area contributed by atoms with Crippen LogP contribution in [-0.4, -0.2) is 22.2 Å². The number of carbonyl (C=O) groups is 1. The Bertz CT molecular complexity index is 751. The average molecular weight is 380 g/mol. The third-order valence-electron chi connectivity index (χ3n) is 4.09. The second-order valence-electron chi connectivity index (χ2n) is 6.82. The second-order valence-corrected chi connectivity index (χ2v) is 7.68. The lowest BCUT2D eigenvalue weighted by Crippen LogP contribution is -2.28. The van der Waals surface area contributed by atoms with Crippen LogP contribution in [0.3, 0.4) is 0 Å². The smallest absolute Gasteiger partial charge is 0.251 e. The Hall–Kier alpha value is -1.69. The molecule has 1 atom stereocenters. The molecule has 23 heavy (non-hydrogen) atoms. The number of rotatable bonds is 2. The quantitative estimate of drug-likeness (QED) is 0.788. The lowest BCUT2D eigenvalue weighted by molar-refractivity contribution is -0.120. The minimum atomic E-state index is -0.334. The van der Waals surface area contributed by atoms with Gasteiger partial charge in [0.05, 0.1) is 10.2 Å². The molecule has 1 saturated heterocycles. The molecule has 1 aliphatic rings. The number of nitrogens with zero attached hydrogens (tertiary/aromatic N) is 3. The maximum atomic E-state index is 13.4. The number of hydrogen-bond acceptors (Lipinski definition) is 2. The fourth-order valence-corrected chi connectivity index (χ4v) is 3.10. The summed E-state index contributed by atoms with van der Waals surface area (Å²) >= 11 is 3.17. The normalized spacial score (nSPS) is 18.7. The fraction of sp³-hybridized carbons (Fsp3) is 0.412. The predicted octanol–water partition coefficient (Wildman–Crippen LogP) is 4.06. The van der Waals surface area contributed by atoms with E-state index in [1.54, 1.807) is 21.7 Å². The number of carbonyl (C=O) groups excluding carboxylic acids is 1. The Balaban J connectivity index is 1.84. The molecule has 0 N–H and O–H groups in total. The van der Waals surface area contributed by atoms with Gasteiger partial charge in [0.2, 0.25) is 0 Å². The van der Waals surface area contributed by atoms with Gasteiger partial charge in [-0.2, -0.15) is 5.10 Å². The molecule has 2 aromatic rings. The Morgan fingerprint density at radius 2 is 2.04 bits per heavy atom. The van der Waals surface area contributed by atoms with Crippen LogP contribution in [0.15, 0.2) is 34.9 Å². The van der Waals surface area contributed by atoms with Gasteiger partial charge in [0, 0.05) is 23.8 Å². The van der Waals surface area contributed by atoms with Crippen molar-refractivity contribution >= 4 is 27.5 Å². The van der Waals surface area contributed by atoms with E-state index in [1.165, 1.54) is 6.07 Å². The highest BCUT2D eigenvalue weighted by Gasteiger charge is 2.35. The number of amides is 1. The summed E-state index contributed by atoms with van der Waals surface area (Å²) in [4.78, 5) is 14.4. The van der Waals surface area contributed by atoms with Crippen LogP contribution in [-0.2, 0) is 10.2 Å². The molecule has 2 heterocycles. The number of benzene rings is 1. The van der Waals surface area contributed by atoms with Crippen molar-refractivity contribution < 1.29 is 9.18 Å². The number of halogens is 2. The first kappa shape index (κ1) is 16.2. The molecule has 1 aromatic carbocycles. The Morgan fingerprint density at radius 1 is 1.30 bits per heavy atom. The molecule has 0 saturated carbocycles. The van der Waals surface area contributed by atoms with E-state index in [-0.39, 0.29) is 23.2 Å². The molecular weight excluding hydrogens is 361 g/mol. The molecule has 0 radical (unpaired) electrons. The third kappa shape index (κ3) is 3.04. The van der Waals surface area contributed by atoms with Gasteiger partial charge in [-0.1, -0.05) is 20.8 Å². The first-order valence-corrected chi connectivity index (χ1v) is 8.39. The van der Waals surface area contributed by atoms with Gasteiger partial charge in [0.15, 0.2) is 0 Å². The van der Waals surface area contributed by atoms with Crippen molar-refractivity contribution in [1.82, 2.24) is 9.78 Å². The topological polar surface area (TPSA) is 38.1 Å². The summed E-state index contributed by atoms with van der Waals surface area (Å²) in [6, 6.07) is 6.30. The zero-order chi connectivity index (χ0) is 16.8. The first-order valence-electron chi connectivity index (χ1n) is 7.59. The summed E-state index contributed by atoms with van der Waals surface area (Å²) in [6.07, 6.45) is 2.56. The summed E-state index contributed by atoms with van der Waals surface area (Å²) in [5.74, 6) is -0.342. The van der Waals surface area contributed by atoms with Gasteiger partial charge in [0.1, 0.15) is 11.9 Å². The largest absolute Gasteiger partial charge is 0.310 e. The van der Waals surface area contributed by atoms with E-state index < -0.39 is 0 Å². The molecule has 1 aromatic heterocycles. The van der Waals surface area contributed by atoms with Crippen LogP contribution in [0.5, 0.6) is 0 Å². The molecule has 0 spiro atoms. The average Bonchev–Trinajstić information content (AvgIpc) is 3.08. The van der Waals surface area contributed by atoms with Crippen LogP contribution in [0.25, 0.3) is 0 Å². The highest BCUT2D eigenvalue weighted by atomic mass is 79.9. The van der Waals surface area contributed by atoms with E-state index in [2.05, 4.69) is 41.8 Å². The van der Waals surface area contributed by atoms with E-state index >= 15 is 0 Å². The van der Waals surface area contributed by atoms with Crippen LogP contribution >= 0.6 is 15.9 Å². The van der Waals surface area contributed by atoms with Crippen LogP contribution in [0.2, 0.25) is 0 Å². The molecule has 1 fully saturated rings. The van der Waals surface area contributed by atoms with E-state index in [1.807, 2.05) is 12.3 Å². The van der Waals surface area contributed by atoms with Gasteiger partial charge in [-0.3, -0.25) is 9.48 Å². The summed E-state index contributed by atoms with van der Waals surface area (Å²) in [5.41, 5.74) is 1.62. The van der Waals surface area contributed by atoms with Crippen LogP contribution in [0.4, 0.5) is 10.1 Å². The van der Waals surface area contributed by atoms with Gasteiger partial charge < -0.3 is 4.90 Å². The molecule has 0 aliphatic carbocycles. The van der Waals surface area contributed by atoms with Gasteiger partial charge in [-0.05, 0) is 46.6 Å². The summed E-state index contributed by atoms with van der Waals surface area (Å²) < 4.78 is 15.5. The molecule has 122 valence electrons. The standard InChI is InChI=1S/C17H19BrFN3O/c1-17(2,3)15-7-9-22(20-15)14-6-8-21(16(14)23)11-4-5-13(19)12(18)10-11/h4-5,7,9-10,14H,6,8H2,1-3H3. The van der Waals surface area contributed by atoms with Gasteiger partial charge in [0.25, 0.3) is 5.91 Å². The molecule has 3 rings (SSSR count). The molecule has 4 nitrogen and oxygen atoms in total. The minimum Gasteiger partial charge on any atom is -0.310 e. The highest BCUT2D eigenvalue weighted by molar-refractivity contribution is 9.10. The number of hydrogen-bond donors (Lipinski definition) is 0. The molecule has 0 bridgehead atoms. The molecular formula is C17H19BrFN3O. The SMILES string of the molecule is CC(C)(C)c1ccn(C2CCN(c3ccc(F)c(Br)c3)C2=O)n1. The predicted molar refractivity (Wildman–Crippen MR) is 91.0 cm³/mol. The highest BCUT2D eigenvalue weighted by Crippen LogP contribution is 2.31. The Labute approximate surface area is 143 Å². The van der Waals surface area contributed by atoms with Crippen molar-refractivity contribution in [3.63, 3.8) is 0 Å². The molecule has 6 heteroatoms. The van der Waals surface area contributed by atoms with Crippen LogP contribution < -0.4 is 4.90 Å². The molecule has 1 amide bonds. The Kier molecular flexibility index (Phi) is 4.04. The summed E-state index contributed by atoms with van der Waals surface area (Å²) in [5, 5.41) is 4.57. The number of anilines is 1. The first-order chi connectivity index (χ1) is 10.8. The lowest BCUT2D eigenvalue weighted by atomic mass is 9.93. The summed E-state index contributed by atoms with van der Waals surface area (Å²) in [7, 11) is 0. The number of aromatic nitrogens is 2. The molecule has 1 aliphatic heterocycles. The summed E-state index contributed by atoms with van der Waals surface area (Å²) in [6.45, 7) is 6.89.